The fourth-order valence-electron chi connectivity index (χ4n) is 0.697. The van der Waals surface area contributed by atoms with Crippen LogP contribution >= 0.6 is 0 Å². The molecule has 72 valence electrons. The second-order valence-corrected chi connectivity index (χ2v) is 2.25. The summed E-state index contributed by atoms with van der Waals surface area (Å²) >= 11 is 0. The van der Waals surface area contributed by atoms with Crippen LogP contribution < -0.4 is 4.74 Å². The predicted molar refractivity (Wildman–Crippen MR) is 38.1 cm³/mol. The van der Waals surface area contributed by atoms with E-state index in [2.05, 4.69) is 14.7 Å². The number of hydrogen-bond acceptors (Lipinski definition) is 3. The van der Waals surface area contributed by atoms with E-state index < -0.39 is 12.2 Å². The van der Waals surface area contributed by atoms with Crippen LogP contribution in [0.25, 0.3) is 0 Å². The monoisotopic (exact) mass is 192 g/mol. The molecular weight excluding hydrogens is 185 g/mol. The molecular formula is C7H7F3N2O. The molecule has 3 nitrogen and oxygen atoms in total. The van der Waals surface area contributed by atoms with Crippen molar-refractivity contribution in [1.29, 1.82) is 0 Å². The molecule has 1 aromatic heterocycles. The van der Waals surface area contributed by atoms with Crippen LogP contribution in [0.2, 0.25) is 0 Å². The van der Waals surface area contributed by atoms with Crippen LogP contribution in [0, 0.1) is 0 Å². The maximum absolute atomic E-state index is 11.6. The van der Waals surface area contributed by atoms with Gasteiger partial charge in [0.15, 0.2) is 0 Å². The van der Waals surface area contributed by atoms with E-state index in [4.69, 9.17) is 0 Å². The van der Waals surface area contributed by atoms with Crippen LogP contribution in [0.3, 0.4) is 0 Å². The highest BCUT2D eigenvalue weighted by atomic mass is 19.4. The minimum absolute atomic E-state index is 0.537. The zero-order valence-electron chi connectivity index (χ0n) is 6.80. The highest BCUT2D eigenvalue weighted by molar-refractivity contribution is 5.07. The Kier molecular flexibility index (Phi) is 2.69. The Morgan fingerprint density at radius 1 is 1.31 bits per heavy atom. The molecule has 0 spiro atoms. The molecule has 6 heteroatoms. The molecule has 0 aromatic carbocycles. The second-order valence-electron chi connectivity index (χ2n) is 2.25. The first-order valence-electron chi connectivity index (χ1n) is 3.58. The molecule has 0 N–H and O–H groups in total. The maximum atomic E-state index is 11.6. The molecule has 0 unspecified atom stereocenters. The van der Waals surface area contributed by atoms with Crippen molar-refractivity contribution in [2.75, 3.05) is 0 Å². The number of aromatic nitrogens is 2. The highest BCUT2D eigenvalue weighted by Crippen LogP contribution is 2.19. The van der Waals surface area contributed by atoms with E-state index in [0.717, 1.165) is 6.20 Å². The smallest absolute Gasteiger partial charge is 0.386 e. The summed E-state index contributed by atoms with van der Waals surface area (Å²) in [6.07, 6.45) is -1.88. The first kappa shape index (κ1) is 9.76. The predicted octanol–water partition coefficient (Wildman–Crippen LogP) is 1.94. The number of hydrogen-bond donors (Lipinski definition) is 0. The van der Waals surface area contributed by atoms with E-state index in [1.54, 1.807) is 0 Å². The Morgan fingerprint density at radius 3 is 2.38 bits per heavy atom. The quantitative estimate of drug-likeness (QED) is 0.718. The standard InChI is InChI=1S/C7H7F3N2O/c1-2-5-3-12-6(4-11-5)13-7(8,9)10/h3-4H,2H2,1H3. The molecule has 1 rings (SSSR count). The van der Waals surface area contributed by atoms with Crippen molar-refractivity contribution in [1.82, 2.24) is 9.97 Å². The molecule has 0 bridgehead atoms. The van der Waals surface area contributed by atoms with Crippen molar-refractivity contribution in [2.24, 2.45) is 0 Å². The third-order valence-corrected chi connectivity index (χ3v) is 1.26. The van der Waals surface area contributed by atoms with Crippen molar-refractivity contribution in [2.45, 2.75) is 19.7 Å². The van der Waals surface area contributed by atoms with E-state index in [9.17, 15) is 13.2 Å². The van der Waals surface area contributed by atoms with E-state index in [1.165, 1.54) is 6.20 Å². The minimum Gasteiger partial charge on any atom is -0.386 e. The fraction of sp³-hybridized carbons (Fsp3) is 0.429. The van der Waals surface area contributed by atoms with Crippen LogP contribution in [-0.2, 0) is 6.42 Å². The Labute approximate surface area is 72.6 Å². The summed E-state index contributed by atoms with van der Waals surface area (Å²) in [4.78, 5) is 7.12. The fourth-order valence-corrected chi connectivity index (χ4v) is 0.697. The van der Waals surface area contributed by atoms with E-state index in [-0.39, 0.29) is 0 Å². The number of alkyl halides is 3. The zero-order valence-corrected chi connectivity index (χ0v) is 6.80. The van der Waals surface area contributed by atoms with Gasteiger partial charge in [-0.25, -0.2) is 4.98 Å². The SMILES string of the molecule is CCc1cnc(OC(F)(F)F)cn1. The average molecular weight is 192 g/mol. The van der Waals surface area contributed by atoms with Gasteiger partial charge in [-0.2, -0.15) is 0 Å². The van der Waals surface area contributed by atoms with Crippen LogP contribution in [0.5, 0.6) is 5.88 Å². The molecule has 0 amide bonds. The average Bonchev–Trinajstić information content (AvgIpc) is 2.03. The zero-order chi connectivity index (χ0) is 9.90. The van der Waals surface area contributed by atoms with Gasteiger partial charge in [0.1, 0.15) is 0 Å². The summed E-state index contributed by atoms with van der Waals surface area (Å²) < 4.78 is 38.4. The Balaban J connectivity index is 2.70. The van der Waals surface area contributed by atoms with Gasteiger partial charge in [-0.05, 0) is 6.42 Å². The van der Waals surface area contributed by atoms with Gasteiger partial charge in [-0.1, -0.05) is 6.92 Å². The molecule has 0 aliphatic carbocycles. The largest absolute Gasteiger partial charge is 0.574 e. The second kappa shape index (κ2) is 3.59. The van der Waals surface area contributed by atoms with Crippen molar-refractivity contribution < 1.29 is 17.9 Å². The lowest BCUT2D eigenvalue weighted by Crippen LogP contribution is -2.18. The van der Waals surface area contributed by atoms with E-state index >= 15 is 0 Å². The number of nitrogens with zero attached hydrogens (tertiary/aromatic N) is 2. The van der Waals surface area contributed by atoms with Crippen molar-refractivity contribution in [3.05, 3.63) is 18.1 Å². The number of halogens is 3. The summed E-state index contributed by atoms with van der Waals surface area (Å²) in [7, 11) is 0. The first-order chi connectivity index (χ1) is 6.01. The van der Waals surface area contributed by atoms with Crippen LogP contribution in [-0.4, -0.2) is 16.3 Å². The molecule has 0 saturated heterocycles. The van der Waals surface area contributed by atoms with Crippen molar-refractivity contribution >= 4 is 0 Å². The minimum atomic E-state index is -4.71. The topological polar surface area (TPSA) is 35.0 Å². The lowest BCUT2D eigenvalue weighted by atomic mass is 10.4. The Hall–Kier alpha value is -1.33. The van der Waals surface area contributed by atoms with Gasteiger partial charge in [0.2, 0.25) is 5.88 Å². The number of ether oxygens (including phenoxy) is 1. The molecule has 13 heavy (non-hydrogen) atoms. The normalized spacial score (nSPS) is 11.4. The highest BCUT2D eigenvalue weighted by Gasteiger charge is 2.31. The van der Waals surface area contributed by atoms with Gasteiger partial charge in [0.25, 0.3) is 0 Å². The molecule has 0 aliphatic heterocycles. The maximum Gasteiger partial charge on any atom is 0.574 e. The molecule has 0 atom stereocenters. The summed E-state index contributed by atoms with van der Waals surface area (Å²) in [6.45, 7) is 1.83. The Bertz CT molecular complexity index is 270. The summed E-state index contributed by atoms with van der Waals surface area (Å²) in [5, 5.41) is 0. The third-order valence-electron chi connectivity index (χ3n) is 1.26. The molecule has 0 saturated carbocycles. The van der Waals surface area contributed by atoms with Gasteiger partial charge >= 0.3 is 6.36 Å². The Morgan fingerprint density at radius 2 is 2.00 bits per heavy atom. The summed E-state index contributed by atoms with van der Waals surface area (Å²) in [6, 6.07) is 0. The van der Waals surface area contributed by atoms with Crippen molar-refractivity contribution in [3.63, 3.8) is 0 Å². The van der Waals surface area contributed by atoms with Crippen molar-refractivity contribution in [3.8, 4) is 5.88 Å². The third kappa shape index (κ3) is 3.27. The van der Waals surface area contributed by atoms with E-state index in [1.807, 2.05) is 6.92 Å². The molecule has 0 aliphatic rings. The molecule has 1 aromatic rings. The summed E-state index contributed by atoms with van der Waals surface area (Å²) in [5.74, 6) is -0.537. The van der Waals surface area contributed by atoms with Gasteiger partial charge in [-0.15, -0.1) is 13.2 Å². The van der Waals surface area contributed by atoms with Gasteiger partial charge in [0.05, 0.1) is 18.1 Å². The summed E-state index contributed by atoms with van der Waals surface area (Å²) in [5.41, 5.74) is 0.620. The van der Waals surface area contributed by atoms with Crippen LogP contribution in [0.4, 0.5) is 13.2 Å². The van der Waals surface area contributed by atoms with Gasteiger partial charge in [-0.3, -0.25) is 4.98 Å². The number of aryl methyl sites for hydroxylation is 1. The van der Waals surface area contributed by atoms with Crippen LogP contribution in [0.1, 0.15) is 12.6 Å². The first-order valence-corrected chi connectivity index (χ1v) is 3.58. The lowest BCUT2D eigenvalue weighted by Gasteiger charge is -2.06. The molecule has 1 heterocycles. The molecule has 0 radical (unpaired) electrons. The number of rotatable bonds is 2. The van der Waals surface area contributed by atoms with E-state index in [0.29, 0.717) is 12.1 Å². The van der Waals surface area contributed by atoms with Gasteiger partial charge < -0.3 is 4.74 Å². The lowest BCUT2D eigenvalue weighted by molar-refractivity contribution is -0.276. The van der Waals surface area contributed by atoms with Gasteiger partial charge in [0, 0.05) is 0 Å². The molecule has 0 fully saturated rings. The van der Waals surface area contributed by atoms with Crippen LogP contribution in [0.15, 0.2) is 12.4 Å².